The minimum absolute atomic E-state index is 0.00598. The van der Waals surface area contributed by atoms with E-state index in [9.17, 15) is 18.0 Å². The van der Waals surface area contributed by atoms with Gasteiger partial charge in [-0.25, -0.2) is 8.42 Å². The summed E-state index contributed by atoms with van der Waals surface area (Å²) in [4.78, 5) is 27.7. The first-order valence-electron chi connectivity index (χ1n) is 12.2. The molecular formula is C27H38ClN3O4S. The van der Waals surface area contributed by atoms with Crippen LogP contribution < -0.4 is 9.62 Å². The van der Waals surface area contributed by atoms with Crippen molar-refractivity contribution in [1.29, 1.82) is 0 Å². The van der Waals surface area contributed by atoms with Gasteiger partial charge in [-0.05, 0) is 81.5 Å². The number of amides is 2. The zero-order valence-electron chi connectivity index (χ0n) is 22.0. The molecule has 1 N–H and O–H groups in total. The van der Waals surface area contributed by atoms with Crippen LogP contribution in [0, 0.1) is 13.8 Å². The fourth-order valence-electron chi connectivity index (χ4n) is 3.93. The van der Waals surface area contributed by atoms with Crippen molar-refractivity contribution in [1.82, 2.24) is 10.2 Å². The number of sulfonamides is 1. The highest BCUT2D eigenvalue weighted by Gasteiger charge is 2.27. The highest BCUT2D eigenvalue weighted by Crippen LogP contribution is 2.22. The topological polar surface area (TPSA) is 86.8 Å². The number of aryl methyl sites for hydroxylation is 2. The molecule has 2 amide bonds. The Morgan fingerprint density at radius 2 is 1.61 bits per heavy atom. The van der Waals surface area contributed by atoms with Crippen molar-refractivity contribution in [2.45, 2.75) is 72.5 Å². The maximum atomic E-state index is 13.3. The molecule has 198 valence electrons. The number of rotatable bonds is 12. The summed E-state index contributed by atoms with van der Waals surface area (Å²) in [5, 5.41) is 3.53. The second-order valence-corrected chi connectivity index (χ2v) is 11.8. The molecule has 0 aromatic heterocycles. The maximum absolute atomic E-state index is 13.3. The Bertz CT molecular complexity index is 1130. The number of carbonyl (C=O) groups excluding carboxylic acids is 2. The Balaban J connectivity index is 2.19. The van der Waals surface area contributed by atoms with Gasteiger partial charge >= 0.3 is 0 Å². The quantitative estimate of drug-likeness (QED) is 0.421. The molecule has 0 saturated carbocycles. The van der Waals surface area contributed by atoms with E-state index >= 15 is 0 Å². The largest absolute Gasteiger partial charge is 0.352 e. The van der Waals surface area contributed by atoms with E-state index in [1.54, 1.807) is 24.0 Å². The van der Waals surface area contributed by atoms with Crippen LogP contribution in [-0.2, 0) is 26.2 Å². The Hall–Kier alpha value is -2.58. The lowest BCUT2D eigenvalue weighted by atomic mass is 10.1. The summed E-state index contributed by atoms with van der Waals surface area (Å²) in [6.07, 6.45) is 2.37. The van der Waals surface area contributed by atoms with Crippen LogP contribution in [0.2, 0.25) is 5.02 Å². The van der Waals surface area contributed by atoms with Crippen molar-refractivity contribution >= 4 is 39.1 Å². The molecule has 2 aromatic rings. The molecule has 0 aliphatic carbocycles. The lowest BCUT2D eigenvalue weighted by molar-refractivity contribution is -0.140. The Labute approximate surface area is 220 Å². The van der Waals surface area contributed by atoms with E-state index in [1.807, 2.05) is 58.0 Å². The molecule has 0 spiro atoms. The first-order chi connectivity index (χ1) is 16.8. The molecule has 2 aromatic carbocycles. The third kappa shape index (κ3) is 8.82. The van der Waals surface area contributed by atoms with Gasteiger partial charge in [0.15, 0.2) is 0 Å². The number of benzene rings is 2. The van der Waals surface area contributed by atoms with E-state index < -0.39 is 16.1 Å². The summed E-state index contributed by atoms with van der Waals surface area (Å²) in [5.74, 6) is -0.440. The molecule has 0 radical (unpaired) electrons. The third-order valence-electron chi connectivity index (χ3n) is 6.08. The van der Waals surface area contributed by atoms with Gasteiger partial charge in [-0.2, -0.15) is 0 Å². The van der Waals surface area contributed by atoms with Gasteiger partial charge in [-0.3, -0.25) is 13.9 Å². The van der Waals surface area contributed by atoms with E-state index in [-0.39, 0.29) is 37.4 Å². The van der Waals surface area contributed by atoms with E-state index in [4.69, 9.17) is 11.6 Å². The van der Waals surface area contributed by atoms with Crippen molar-refractivity contribution in [3.05, 3.63) is 64.2 Å². The monoisotopic (exact) mass is 535 g/mol. The fraction of sp³-hybridized carbons (Fsp3) is 0.481. The first-order valence-corrected chi connectivity index (χ1v) is 14.4. The van der Waals surface area contributed by atoms with E-state index in [0.717, 1.165) is 23.1 Å². The van der Waals surface area contributed by atoms with Crippen LogP contribution in [0.5, 0.6) is 0 Å². The second-order valence-electron chi connectivity index (χ2n) is 9.43. The fourth-order valence-corrected chi connectivity index (χ4v) is 5.01. The number of nitrogens with one attached hydrogen (secondary N) is 1. The molecular weight excluding hydrogens is 498 g/mol. The average Bonchev–Trinajstić information content (AvgIpc) is 2.79. The molecule has 0 heterocycles. The predicted molar refractivity (Wildman–Crippen MR) is 147 cm³/mol. The smallest absolute Gasteiger partial charge is 0.242 e. The van der Waals surface area contributed by atoms with Crippen molar-refractivity contribution in [2.75, 3.05) is 17.1 Å². The van der Waals surface area contributed by atoms with Gasteiger partial charge in [-0.1, -0.05) is 36.7 Å². The molecule has 0 fully saturated rings. The molecule has 2 unspecified atom stereocenters. The standard InChI is InChI=1S/C27H38ClN3O4S/c1-7-21(4)29-27(33)22(5)30(18-23-10-12-24(28)13-11-23)26(32)9-8-14-31(36(6,34)35)25-16-19(2)15-20(3)17-25/h10-13,15-17,21-22H,7-9,14,18H2,1-6H3,(H,29,33). The minimum atomic E-state index is -3.54. The van der Waals surface area contributed by atoms with Crippen molar-refractivity contribution in [2.24, 2.45) is 0 Å². The number of halogens is 1. The van der Waals surface area contributed by atoms with Crippen molar-refractivity contribution in [3.63, 3.8) is 0 Å². The molecule has 0 aliphatic heterocycles. The number of anilines is 1. The summed E-state index contributed by atoms with van der Waals surface area (Å²) in [5.41, 5.74) is 3.36. The maximum Gasteiger partial charge on any atom is 0.242 e. The molecule has 7 nitrogen and oxygen atoms in total. The first kappa shape index (κ1) is 29.6. The predicted octanol–water partition coefficient (Wildman–Crippen LogP) is 4.84. The van der Waals surface area contributed by atoms with Gasteiger partial charge < -0.3 is 10.2 Å². The van der Waals surface area contributed by atoms with Crippen LogP contribution in [0.3, 0.4) is 0 Å². The number of hydrogen-bond donors (Lipinski definition) is 1. The number of hydrogen-bond acceptors (Lipinski definition) is 4. The third-order valence-corrected chi connectivity index (χ3v) is 7.53. The zero-order valence-corrected chi connectivity index (χ0v) is 23.6. The highest BCUT2D eigenvalue weighted by atomic mass is 35.5. The summed E-state index contributed by atoms with van der Waals surface area (Å²) in [6.45, 7) is 9.86. The van der Waals surface area contributed by atoms with E-state index in [1.165, 1.54) is 10.6 Å². The van der Waals surface area contributed by atoms with Gasteiger partial charge in [0.2, 0.25) is 21.8 Å². The van der Waals surface area contributed by atoms with Crippen LogP contribution in [0.1, 0.15) is 56.7 Å². The highest BCUT2D eigenvalue weighted by molar-refractivity contribution is 7.92. The zero-order chi connectivity index (χ0) is 27.0. The van der Waals surface area contributed by atoms with E-state index in [2.05, 4.69) is 5.32 Å². The van der Waals surface area contributed by atoms with Crippen LogP contribution in [0.15, 0.2) is 42.5 Å². The van der Waals surface area contributed by atoms with Crippen LogP contribution in [-0.4, -0.2) is 50.0 Å². The number of nitrogens with zero attached hydrogens (tertiary/aromatic N) is 2. The lowest BCUT2D eigenvalue weighted by Gasteiger charge is -2.30. The molecule has 2 atom stereocenters. The van der Waals surface area contributed by atoms with Gasteiger partial charge in [0, 0.05) is 30.6 Å². The molecule has 36 heavy (non-hydrogen) atoms. The Morgan fingerprint density at radius 1 is 1.03 bits per heavy atom. The second kappa shape index (κ2) is 13.1. The summed E-state index contributed by atoms with van der Waals surface area (Å²) < 4.78 is 26.4. The van der Waals surface area contributed by atoms with Gasteiger partial charge in [0.05, 0.1) is 11.9 Å². The Morgan fingerprint density at radius 3 is 2.14 bits per heavy atom. The van der Waals surface area contributed by atoms with E-state index in [0.29, 0.717) is 17.1 Å². The van der Waals surface area contributed by atoms with Crippen molar-refractivity contribution in [3.8, 4) is 0 Å². The summed E-state index contributed by atoms with van der Waals surface area (Å²) in [7, 11) is -3.54. The summed E-state index contributed by atoms with van der Waals surface area (Å²) >= 11 is 6.00. The van der Waals surface area contributed by atoms with Gasteiger partial charge in [-0.15, -0.1) is 0 Å². The molecule has 0 saturated heterocycles. The number of carbonyl (C=O) groups is 2. The van der Waals surface area contributed by atoms with Crippen molar-refractivity contribution < 1.29 is 18.0 Å². The normalized spacial score (nSPS) is 13.1. The minimum Gasteiger partial charge on any atom is -0.352 e. The van der Waals surface area contributed by atoms with Gasteiger partial charge in [0.25, 0.3) is 0 Å². The molecule has 9 heteroatoms. The van der Waals surface area contributed by atoms with Crippen LogP contribution in [0.25, 0.3) is 0 Å². The SMILES string of the molecule is CCC(C)NC(=O)C(C)N(Cc1ccc(Cl)cc1)C(=O)CCCN(c1cc(C)cc(C)c1)S(C)(=O)=O. The summed E-state index contributed by atoms with van der Waals surface area (Å²) in [6, 6.07) is 12.1. The van der Waals surface area contributed by atoms with Crippen LogP contribution >= 0.6 is 11.6 Å². The molecule has 2 rings (SSSR count). The Kier molecular flexibility index (Phi) is 10.8. The lowest BCUT2D eigenvalue weighted by Crippen LogP contribution is -2.49. The van der Waals surface area contributed by atoms with Gasteiger partial charge in [0.1, 0.15) is 6.04 Å². The molecule has 0 aliphatic rings. The van der Waals surface area contributed by atoms with Crippen LogP contribution in [0.4, 0.5) is 5.69 Å². The average molecular weight is 536 g/mol. The molecule has 0 bridgehead atoms.